The number of aryl methyl sites for hydroxylation is 1. The first kappa shape index (κ1) is 16.3. The van der Waals surface area contributed by atoms with Gasteiger partial charge in [-0.1, -0.05) is 23.7 Å². The Balaban J connectivity index is 2.92. The van der Waals surface area contributed by atoms with Gasteiger partial charge in [0, 0.05) is 0 Å². The van der Waals surface area contributed by atoms with E-state index in [9.17, 15) is 22.8 Å². The molecule has 0 saturated heterocycles. The minimum Gasteiger partial charge on any atom is -0.480 e. The first-order valence-electron chi connectivity index (χ1n) is 5.47. The Morgan fingerprint density at radius 2 is 2.00 bits per heavy atom. The van der Waals surface area contributed by atoms with Gasteiger partial charge in [0.15, 0.2) is 0 Å². The molecule has 1 aromatic carbocycles. The van der Waals surface area contributed by atoms with Gasteiger partial charge in [0.05, 0.1) is 17.0 Å². The second-order valence-electron chi connectivity index (χ2n) is 4.12. The summed E-state index contributed by atoms with van der Waals surface area (Å²) < 4.78 is 36.7. The van der Waals surface area contributed by atoms with Crippen LogP contribution in [-0.2, 0) is 4.79 Å². The molecular weight excluding hydrogens is 299 g/mol. The number of nitrogens with one attached hydrogen (secondary N) is 1. The molecule has 2 N–H and O–H groups in total. The summed E-state index contributed by atoms with van der Waals surface area (Å²) in [5, 5.41) is 10.6. The van der Waals surface area contributed by atoms with E-state index in [-0.39, 0.29) is 10.6 Å². The zero-order chi connectivity index (χ0) is 15.5. The summed E-state index contributed by atoms with van der Waals surface area (Å²) >= 11 is 5.85. The molecule has 0 bridgehead atoms. The largest absolute Gasteiger partial charge is 0.480 e. The number of hydrogen-bond acceptors (Lipinski definition) is 2. The molecule has 4 nitrogen and oxygen atoms in total. The van der Waals surface area contributed by atoms with Crippen molar-refractivity contribution >= 4 is 23.5 Å². The molecule has 110 valence electrons. The van der Waals surface area contributed by atoms with Gasteiger partial charge in [0.25, 0.3) is 5.91 Å². The first-order valence-corrected chi connectivity index (χ1v) is 5.85. The van der Waals surface area contributed by atoms with Gasteiger partial charge in [0.2, 0.25) is 0 Å². The minimum absolute atomic E-state index is 0.0694. The molecule has 0 aromatic heterocycles. The van der Waals surface area contributed by atoms with Crippen LogP contribution in [0, 0.1) is 6.92 Å². The van der Waals surface area contributed by atoms with Crippen LogP contribution in [0.3, 0.4) is 0 Å². The Bertz CT molecular complexity index is 531. The van der Waals surface area contributed by atoms with Crippen molar-refractivity contribution in [3.05, 3.63) is 34.3 Å². The summed E-state index contributed by atoms with van der Waals surface area (Å²) in [6, 6.07) is 2.36. The number of carbonyl (C=O) groups excluding carboxylic acids is 1. The quantitative estimate of drug-likeness (QED) is 0.898. The highest BCUT2D eigenvalue weighted by Gasteiger charge is 2.36. The fraction of sp³-hybridized carbons (Fsp3) is 0.333. The van der Waals surface area contributed by atoms with Gasteiger partial charge in [0.1, 0.15) is 6.04 Å². The highest BCUT2D eigenvalue weighted by Crippen LogP contribution is 2.23. The highest BCUT2D eigenvalue weighted by molar-refractivity contribution is 6.34. The van der Waals surface area contributed by atoms with Crippen molar-refractivity contribution in [2.75, 3.05) is 0 Å². The lowest BCUT2D eigenvalue weighted by molar-refractivity contribution is -0.157. The molecule has 0 heterocycles. The Morgan fingerprint density at radius 3 is 2.50 bits per heavy atom. The van der Waals surface area contributed by atoms with Crippen molar-refractivity contribution in [2.24, 2.45) is 0 Å². The topological polar surface area (TPSA) is 66.4 Å². The van der Waals surface area contributed by atoms with Crippen molar-refractivity contribution in [3.8, 4) is 0 Å². The summed E-state index contributed by atoms with van der Waals surface area (Å²) in [5.74, 6) is -2.73. The van der Waals surface area contributed by atoms with E-state index in [1.807, 2.05) is 5.32 Å². The molecule has 20 heavy (non-hydrogen) atoms. The van der Waals surface area contributed by atoms with Crippen LogP contribution in [-0.4, -0.2) is 29.2 Å². The van der Waals surface area contributed by atoms with Gasteiger partial charge in [-0.3, -0.25) is 4.79 Å². The first-order chi connectivity index (χ1) is 9.11. The van der Waals surface area contributed by atoms with Gasteiger partial charge in [-0.05, 0) is 18.6 Å². The van der Waals surface area contributed by atoms with E-state index in [0.717, 1.165) is 0 Å². The predicted molar refractivity (Wildman–Crippen MR) is 65.8 cm³/mol. The van der Waals surface area contributed by atoms with E-state index in [1.54, 1.807) is 13.0 Å². The van der Waals surface area contributed by atoms with Crippen molar-refractivity contribution in [1.82, 2.24) is 5.32 Å². The number of amides is 1. The van der Waals surface area contributed by atoms with Crippen LogP contribution in [0.2, 0.25) is 5.02 Å². The van der Waals surface area contributed by atoms with E-state index in [1.165, 1.54) is 12.1 Å². The van der Waals surface area contributed by atoms with Crippen LogP contribution in [0.25, 0.3) is 0 Å². The molecule has 8 heteroatoms. The number of halogens is 4. The van der Waals surface area contributed by atoms with E-state index >= 15 is 0 Å². The molecule has 0 radical (unpaired) electrons. The Morgan fingerprint density at radius 1 is 1.40 bits per heavy atom. The fourth-order valence-corrected chi connectivity index (χ4v) is 1.70. The molecule has 0 aliphatic heterocycles. The molecule has 0 saturated carbocycles. The van der Waals surface area contributed by atoms with E-state index in [2.05, 4.69) is 0 Å². The van der Waals surface area contributed by atoms with Crippen LogP contribution in [0.4, 0.5) is 13.2 Å². The summed E-state index contributed by atoms with van der Waals surface area (Å²) in [4.78, 5) is 22.5. The third-order valence-corrected chi connectivity index (χ3v) is 2.98. The van der Waals surface area contributed by atoms with E-state index < -0.39 is 30.5 Å². The van der Waals surface area contributed by atoms with E-state index in [0.29, 0.717) is 5.56 Å². The third kappa shape index (κ3) is 4.41. The van der Waals surface area contributed by atoms with Crippen molar-refractivity contribution < 1.29 is 27.9 Å². The zero-order valence-corrected chi connectivity index (χ0v) is 11.0. The molecule has 1 rings (SSSR count). The van der Waals surface area contributed by atoms with Crippen LogP contribution in [0.5, 0.6) is 0 Å². The third-order valence-electron chi connectivity index (χ3n) is 2.48. The molecule has 1 amide bonds. The summed E-state index contributed by atoms with van der Waals surface area (Å²) in [6.45, 7) is 1.61. The number of carbonyl (C=O) groups is 2. The second-order valence-corrected chi connectivity index (χ2v) is 4.50. The van der Waals surface area contributed by atoms with E-state index in [4.69, 9.17) is 16.7 Å². The number of hydrogen-bond donors (Lipinski definition) is 2. The maximum absolute atomic E-state index is 12.2. The second kappa shape index (κ2) is 6.13. The lowest BCUT2D eigenvalue weighted by Gasteiger charge is -2.17. The van der Waals surface area contributed by atoms with Gasteiger partial charge in [-0.2, -0.15) is 13.2 Å². The number of benzene rings is 1. The summed E-state index contributed by atoms with van der Waals surface area (Å²) in [5.41, 5.74) is 0.488. The molecule has 1 aromatic rings. The standard InChI is InChI=1S/C12H11ClF3NO3/c1-6-3-2-4-7(9(6)13)10(18)17-8(11(19)20)5-12(14,15)16/h2-4,8H,5H2,1H3,(H,17,18)(H,19,20). The molecule has 0 aliphatic carbocycles. The number of aliphatic carboxylic acids is 1. The Labute approximate surface area is 117 Å². The average molecular weight is 310 g/mol. The van der Waals surface area contributed by atoms with Crippen molar-refractivity contribution in [1.29, 1.82) is 0 Å². The monoisotopic (exact) mass is 309 g/mol. The van der Waals surface area contributed by atoms with Crippen LogP contribution < -0.4 is 5.32 Å². The summed E-state index contributed by atoms with van der Waals surface area (Å²) in [6.07, 6.45) is -6.36. The highest BCUT2D eigenvalue weighted by atomic mass is 35.5. The zero-order valence-electron chi connectivity index (χ0n) is 10.3. The lowest BCUT2D eigenvalue weighted by Crippen LogP contribution is -2.43. The lowest BCUT2D eigenvalue weighted by atomic mass is 10.1. The molecule has 0 aliphatic rings. The van der Waals surface area contributed by atoms with Crippen molar-refractivity contribution in [2.45, 2.75) is 25.6 Å². The van der Waals surface area contributed by atoms with Crippen LogP contribution in [0.1, 0.15) is 22.3 Å². The van der Waals surface area contributed by atoms with Crippen LogP contribution >= 0.6 is 11.6 Å². The SMILES string of the molecule is Cc1cccc(C(=O)NC(CC(F)(F)F)C(=O)O)c1Cl. The smallest absolute Gasteiger partial charge is 0.391 e. The van der Waals surface area contributed by atoms with Gasteiger partial charge in [-0.15, -0.1) is 0 Å². The molecule has 1 atom stereocenters. The number of carboxylic acid groups (broad SMARTS) is 1. The number of rotatable bonds is 4. The Hall–Kier alpha value is -1.76. The molecular formula is C12H11ClF3NO3. The maximum Gasteiger partial charge on any atom is 0.391 e. The fourth-order valence-electron chi connectivity index (χ4n) is 1.49. The minimum atomic E-state index is -4.70. The number of carboxylic acids is 1. The predicted octanol–water partition coefficient (Wildman–Crippen LogP) is 2.78. The van der Waals surface area contributed by atoms with Crippen molar-refractivity contribution in [3.63, 3.8) is 0 Å². The van der Waals surface area contributed by atoms with Gasteiger partial charge < -0.3 is 10.4 Å². The van der Waals surface area contributed by atoms with Gasteiger partial charge in [-0.25, -0.2) is 4.79 Å². The normalized spacial score (nSPS) is 12.8. The maximum atomic E-state index is 12.2. The molecule has 1 unspecified atom stereocenters. The summed E-state index contributed by atoms with van der Waals surface area (Å²) in [7, 11) is 0. The molecule has 0 fully saturated rings. The Kier molecular flexibility index (Phi) is 4.99. The number of alkyl halides is 3. The average Bonchev–Trinajstić information content (AvgIpc) is 2.29. The molecule has 0 spiro atoms. The van der Waals surface area contributed by atoms with Crippen LogP contribution in [0.15, 0.2) is 18.2 Å². The van der Waals surface area contributed by atoms with Gasteiger partial charge >= 0.3 is 12.1 Å².